The number of esters is 1. The summed E-state index contributed by atoms with van der Waals surface area (Å²) in [6.45, 7) is 0.394. The molecule has 0 bridgehead atoms. The third-order valence-electron chi connectivity index (χ3n) is 3.97. The number of pyridine rings is 1. The number of anilines is 1. The van der Waals surface area contributed by atoms with E-state index in [4.69, 9.17) is 14.9 Å². The molecule has 0 fully saturated rings. The molecule has 1 aromatic carbocycles. The van der Waals surface area contributed by atoms with Crippen molar-refractivity contribution in [1.82, 2.24) is 20.1 Å². The summed E-state index contributed by atoms with van der Waals surface area (Å²) in [5, 5.41) is 7.71. The molecule has 33 heavy (non-hydrogen) atoms. The number of halogens is 3. The van der Waals surface area contributed by atoms with Crippen molar-refractivity contribution in [2.75, 3.05) is 26.4 Å². The van der Waals surface area contributed by atoms with Crippen LogP contribution in [0.3, 0.4) is 0 Å². The molecule has 0 aliphatic rings. The zero-order chi connectivity index (χ0) is 24.0. The number of carbonyl (C=O) groups excluding carboxylic acids is 1. The molecule has 2 N–H and O–H groups in total. The molecule has 0 saturated carbocycles. The second-order valence-electron chi connectivity index (χ2n) is 6.95. The van der Waals surface area contributed by atoms with Crippen molar-refractivity contribution in [2.45, 2.75) is 29.2 Å². The summed E-state index contributed by atoms with van der Waals surface area (Å²) in [4.78, 5) is 19.1. The van der Waals surface area contributed by atoms with E-state index in [1.165, 1.54) is 42.2 Å². The fourth-order valence-corrected chi connectivity index (χ4v) is 3.31. The Hall–Kier alpha value is -3.32. The van der Waals surface area contributed by atoms with Crippen LogP contribution in [-0.2, 0) is 16.1 Å². The molecular weight excluding hydrogens is 463 g/mol. The van der Waals surface area contributed by atoms with Crippen LogP contribution < -0.4 is 10.5 Å². The molecule has 0 aliphatic carbocycles. The van der Waals surface area contributed by atoms with E-state index >= 15 is 0 Å². The van der Waals surface area contributed by atoms with Gasteiger partial charge in [0.05, 0.1) is 12.1 Å². The first-order chi connectivity index (χ1) is 15.6. The lowest BCUT2D eigenvalue weighted by atomic mass is 10.3. The standard InChI is InChI=1S/C20H20F3N5O4S/c1-28(2)8-7-17(29)30-11-16-26-27-19(31-16)18-15(24)9-14(10-25-18)33-13-5-3-12(4-6-13)32-20(21,22)23/h3-6,9-10H,7-8,11,24H2,1-2H3. The minimum atomic E-state index is -4.74. The molecule has 0 amide bonds. The van der Waals surface area contributed by atoms with Gasteiger partial charge in [0, 0.05) is 22.5 Å². The Bertz CT molecular complexity index is 1090. The number of rotatable bonds is 9. The highest BCUT2D eigenvalue weighted by atomic mass is 32.2. The number of carbonyl (C=O) groups is 1. The maximum absolute atomic E-state index is 12.3. The highest BCUT2D eigenvalue weighted by molar-refractivity contribution is 7.99. The van der Waals surface area contributed by atoms with E-state index in [0.717, 1.165) is 0 Å². The fraction of sp³-hybridized carbons (Fsp3) is 0.300. The molecule has 0 aliphatic heterocycles. The molecule has 13 heteroatoms. The zero-order valence-electron chi connectivity index (χ0n) is 17.6. The van der Waals surface area contributed by atoms with Crippen molar-refractivity contribution < 1.29 is 31.9 Å². The van der Waals surface area contributed by atoms with E-state index in [9.17, 15) is 18.0 Å². The molecule has 3 aromatic rings. The number of nitrogens with two attached hydrogens (primary N) is 1. The highest BCUT2D eigenvalue weighted by Crippen LogP contribution is 2.33. The van der Waals surface area contributed by atoms with E-state index in [1.54, 1.807) is 6.07 Å². The number of nitrogen functional groups attached to an aromatic ring is 1. The molecule has 0 atom stereocenters. The summed E-state index contributed by atoms with van der Waals surface area (Å²) in [6, 6.07) is 7.03. The molecule has 3 rings (SSSR count). The third-order valence-corrected chi connectivity index (χ3v) is 4.94. The minimum absolute atomic E-state index is 0.0667. The maximum atomic E-state index is 12.3. The minimum Gasteiger partial charge on any atom is -0.456 e. The lowest BCUT2D eigenvalue weighted by Crippen LogP contribution is -2.17. The Morgan fingerprint density at radius 3 is 2.55 bits per heavy atom. The SMILES string of the molecule is CN(C)CCC(=O)OCc1nnc(-c2ncc(Sc3ccc(OC(F)(F)F)cc3)cc2N)o1. The first-order valence-corrected chi connectivity index (χ1v) is 10.3. The summed E-state index contributed by atoms with van der Waals surface area (Å²) < 4.78 is 51.2. The van der Waals surface area contributed by atoms with Crippen LogP contribution in [0.5, 0.6) is 5.75 Å². The fourth-order valence-electron chi connectivity index (χ4n) is 2.48. The predicted octanol–water partition coefficient (Wildman–Crippen LogP) is 3.76. The highest BCUT2D eigenvalue weighted by Gasteiger charge is 2.31. The molecule has 0 radical (unpaired) electrons. The first kappa shape index (κ1) is 24.3. The van der Waals surface area contributed by atoms with Crippen molar-refractivity contribution in [3.8, 4) is 17.3 Å². The molecule has 2 heterocycles. The van der Waals surface area contributed by atoms with Crippen LogP contribution in [0.1, 0.15) is 12.3 Å². The zero-order valence-corrected chi connectivity index (χ0v) is 18.4. The number of nitrogens with zero attached hydrogens (tertiary/aromatic N) is 4. The largest absolute Gasteiger partial charge is 0.573 e. The quantitative estimate of drug-likeness (QED) is 0.451. The van der Waals surface area contributed by atoms with E-state index in [0.29, 0.717) is 16.3 Å². The number of aromatic nitrogens is 3. The van der Waals surface area contributed by atoms with Gasteiger partial charge in [0.25, 0.3) is 11.8 Å². The van der Waals surface area contributed by atoms with Gasteiger partial charge in [0.15, 0.2) is 12.3 Å². The van der Waals surface area contributed by atoms with Gasteiger partial charge < -0.3 is 24.5 Å². The average Bonchev–Trinajstić information content (AvgIpc) is 3.20. The van der Waals surface area contributed by atoms with Gasteiger partial charge in [0.1, 0.15) is 5.75 Å². The van der Waals surface area contributed by atoms with Gasteiger partial charge in [-0.2, -0.15) is 0 Å². The molecule has 9 nitrogen and oxygen atoms in total. The second-order valence-corrected chi connectivity index (χ2v) is 8.09. The van der Waals surface area contributed by atoms with Crippen LogP contribution in [0.4, 0.5) is 18.9 Å². The number of hydrogen-bond acceptors (Lipinski definition) is 10. The normalized spacial score (nSPS) is 11.6. The van der Waals surface area contributed by atoms with Gasteiger partial charge in [-0.1, -0.05) is 11.8 Å². The molecule has 0 spiro atoms. The smallest absolute Gasteiger partial charge is 0.456 e. The van der Waals surface area contributed by atoms with E-state index in [2.05, 4.69) is 19.9 Å². The van der Waals surface area contributed by atoms with Crippen LogP contribution in [0.15, 0.2) is 50.7 Å². The van der Waals surface area contributed by atoms with Crippen LogP contribution in [0.25, 0.3) is 11.6 Å². The average molecular weight is 483 g/mol. The summed E-state index contributed by atoms with van der Waals surface area (Å²) in [5.74, 6) is -0.531. The lowest BCUT2D eigenvalue weighted by molar-refractivity contribution is -0.274. The van der Waals surface area contributed by atoms with Crippen LogP contribution >= 0.6 is 11.8 Å². The van der Waals surface area contributed by atoms with Gasteiger partial charge in [-0.3, -0.25) is 4.79 Å². The maximum Gasteiger partial charge on any atom is 0.573 e. The first-order valence-electron chi connectivity index (χ1n) is 9.51. The van der Waals surface area contributed by atoms with Crippen molar-refractivity contribution in [2.24, 2.45) is 0 Å². The van der Waals surface area contributed by atoms with Crippen LogP contribution in [-0.4, -0.2) is 53.1 Å². The third kappa shape index (κ3) is 7.64. The summed E-state index contributed by atoms with van der Waals surface area (Å²) >= 11 is 1.25. The van der Waals surface area contributed by atoms with Crippen molar-refractivity contribution in [3.05, 3.63) is 42.4 Å². The number of hydrogen-bond donors (Lipinski definition) is 1. The number of alkyl halides is 3. The summed E-state index contributed by atoms with van der Waals surface area (Å²) in [7, 11) is 3.70. The Morgan fingerprint density at radius 2 is 1.91 bits per heavy atom. The Labute approximate surface area is 191 Å². The molecule has 0 saturated heterocycles. The van der Waals surface area contributed by atoms with Gasteiger partial charge >= 0.3 is 12.3 Å². The summed E-state index contributed by atoms with van der Waals surface area (Å²) in [5.41, 5.74) is 6.58. The topological polar surface area (TPSA) is 117 Å². The van der Waals surface area contributed by atoms with Gasteiger partial charge in [-0.25, -0.2) is 4.98 Å². The Morgan fingerprint density at radius 1 is 1.18 bits per heavy atom. The van der Waals surface area contributed by atoms with E-state index in [-0.39, 0.29) is 47.9 Å². The van der Waals surface area contributed by atoms with Crippen LogP contribution in [0.2, 0.25) is 0 Å². The van der Waals surface area contributed by atoms with E-state index in [1.807, 2.05) is 19.0 Å². The predicted molar refractivity (Wildman–Crippen MR) is 112 cm³/mol. The van der Waals surface area contributed by atoms with E-state index < -0.39 is 6.36 Å². The molecular formula is C20H20F3N5O4S. The Kier molecular flexibility index (Phi) is 7.76. The molecule has 176 valence electrons. The van der Waals surface area contributed by atoms with Crippen molar-refractivity contribution in [1.29, 1.82) is 0 Å². The lowest BCUT2D eigenvalue weighted by Gasteiger charge is -2.09. The number of ether oxygens (including phenoxy) is 2. The van der Waals surface area contributed by atoms with Crippen LogP contribution in [0, 0.1) is 0 Å². The van der Waals surface area contributed by atoms with Gasteiger partial charge in [-0.15, -0.1) is 23.4 Å². The Balaban J connectivity index is 1.60. The van der Waals surface area contributed by atoms with Crippen molar-refractivity contribution >= 4 is 23.4 Å². The monoisotopic (exact) mass is 483 g/mol. The number of benzene rings is 1. The van der Waals surface area contributed by atoms with Crippen molar-refractivity contribution in [3.63, 3.8) is 0 Å². The van der Waals surface area contributed by atoms with Gasteiger partial charge in [0.2, 0.25) is 0 Å². The van der Waals surface area contributed by atoms with Gasteiger partial charge in [-0.05, 0) is 44.4 Å². The molecule has 2 aromatic heterocycles. The second kappa shape index (κ2) is 10.5. The molecule has 0 unspecified atom stereocenters. The summed E-state index contributed by atoms with van der Waals surface area (Å²) in [6.07, 6.45) is -2.99.